The van der Waals surface area contributed by atoms with Gasteiger partial charge in [-0.15, -0.1) is 0 Å². The minimum Gasteiger partial charge on any atom is -0.508 e. The summed E-state index contributed by atoms with van der Waals surface area (Å²) < 4.78 is 0. The number of carboxylic acid groups (broad SMARTS) is 3. The van der Waals surface area contributed by atoms with Crippen LogP contribution in [0.5, 0.6) is 5.75 Å². The highest BCUT2D eigenvalue weighted by Crippen LogP contribution is 2.15. The fraction of sp³-hybridized carbons (Fsp3) is 0.529. The number of aliphatic hydroxyl groups is 3. The maximum Gasteiger partial charge on any atom is 0.326 e. The number of carbonyl (C=O) groups is 12. The summed E-state index contributed by atoms with van der Waals surface area (Å²) in [4.78, 5) is 157. The minimum atomic E-state index is -2.04. The lowest BCUT2D eigenvalue weighted by Gasteiger charge is -2.29. The Balaban J connectivity index is 2.38. The van der Waals surface area contributed by atoms with Gasteiger partial charge in [0.15, 0.2) is 0 Å². The summed E-state index contributed by atoms with van der Waals surface area (Å²) in [5.41, 5.74) is 6.46. The Morgan fingerprint density at radius 3 is 1.43 bits per heavy atom. The van der Waals surface area contributed by atoms with Crippen LogP contribution in [0, 0.1) is 11.8 Å². The highest BCUT2D eigenvalue weighted by molar-refractivity contribution is 5.99. The molecule has 18 N–H and O–H groups in total. The van der Waals surface area contributed by atoms with Crippen molar-refractivity contribution in [1.82, 2.24) is 47.9 Å². The Kier molecular flexibility index (Phi) is 28.7. The molecule has 0 heterocycles. The van der Waals surface area contributed by atoms with E-state index in [2.05, 4.69) is 47.9 Å². The molecule has 80 heavy (non-hydrogen) atoms. The lowest BCUT2D eigenvalue weighted by molar-refractivity contribution is -0.144. The van der Waals surface area contributed by atoms with E-state index < -0.39 is 182 Å². The molecular formula is C51H74N10O19. The Morgan fingerprint density at radius 1 is 0.500 bits per heavy atom. The van der Waals surface area contributed by atoms with Crippen molar-refractivity contribution in [2.45, 2.75) is 140 Å². The molecule has 0 aromatic heterocycles. The van der Waals surface area contributed by atoms with Gasteiger partial charge in [-0.1, -0.05) is 83.0 Å². The van der Waals surface area contributed by atoms with Gasteiger partial charge in [0.1, 0.15) is 54.1 Å². The number of amides is 9. The average Bonchev–Trinajstić information content (AvgIpc) is 3.41. The molecule has 0 radical (unpaired) electrons. The van der Waals surface area contributed by atoms with Crippen molar-refractivity contribution in [1.29, 1.82) is 0 Å². The molecule has 29 nitrogen and oxygen atoms in total. The summed E-state index contributed by atoms with van der Waals surface area (Å²) in [6.45, 7) is 4.59. The number of aliphatic hydroxyl groups excluding tert-OH is 3. The third-order valence-corrected chi connectivity index (χ3v) is 12.6. The van der Waals surface area contributed by atoms with Crippen LogP contribution in [0.2, 0.25) is 0 Å². The van der Waals surface area contributed by atoms with Crippen LogP contribution in [0.1, 0.15) is 77.8 Å². The SMILES string of the molecule is CC[C@H](C)[C@H](NC(=O)[C@H](CO)NC(=O)[C@H](Cc1ccc(O)cc1)NC(=O)[C@H](CC(=O)O)NC(=O)[C@H](CO)NC(=O)[C@@H](NC(=O)[C@H](Cc1ccccc1)NC(=O)[C@@H](NC(=O)CNC(=O)[C@@H](N)CCC(=O)O)[C@@H](C)O)[C@@H](C)CC)C(=O)O. The van der Waals surface area contributed by atoms with Crippen LogP contribution in [0.15, 0.2) is 54.6 Å². The van der Waals surface area contributed by atoms with Crippen LogP contribution in [0.4, 0.5) is 0 Å². The Bertz CT molecular complexity index is 2470. The van der Waals surface area contributed by atoms with Crippen molar-refractivity contribution < 1.29 is 93.3 Å². The second-order valence-electron chi connectivity index (χ2n) is 19.0. The van der Waals surface area contributed by atoms with E-state index in [4.69, 9.17) is 10.8 Å². The molecule has 0 saturated heterocycles. The van der Waals surface area contributed by atoms with E-state index in [1.165, 1.54) is 31.2 Å². The summed E-state index contributed by atoms with van der Waals surface area (Å²) >= 11 is 0. The monoisotopic (exact) mass is 1130 g/mol. The smallest absolute Gasteiger partial charge is 0.326 e. The van der Waals surface area contributed by atoms with E-state index in [1.807, 2.05) is 0 Å². The van der Waals surface area contributed by atoms with Gasteiger partial charge in [0, 0.05) is 19.3 Å². The highest BCUT2D eigenvalue weighted by atomic mass is 16.4. The van der Waals surface area contributed by atoms with Crippen LogP contribution in [-0.2, 0) is 70.4 Å². The first-order valence-corrected chi connectivity index (χ1v) is 25.5. The molecule has 0 bridgehead atoms. The number of aromatic hydroxyl groups is 1. The third kappa shape index (κ3) is 23.0. The molecule has 0 aliphatic heterocycles. The molecule has 0 saturated carbocycles. The van der Waals surface area contributed by atoms with Crippen molar-refractivity contribution in [2.24, 2.45) is 17.6 Å². The van der Waals surface area contributed by atoms with Gasteiger partial charge >= 0.3 is 17.9 Å². The first-order valence-electron chi connectivity index (χ1n) is 25.5. The van der Waals surface area contributed by atoms with Crippen LogP contribution < -0.4 is 53.6 Å². The number of phenols is 1. The first kappa shape index (κ1) is 67.8. The number of carboxylic acids is 3. The molecule has 0 fully saturated rings. The number of benzene rings is 2. The highest BCUT2D eigenvalue weighted by Gasteiger charge is 2.37. The molecule has 442 valence electrons. The number of rotatable bonds is 35. The summed E-state index contributed by atoms with van der Waals surface area (Å²) in [6.07, 6.45) is -3.51. The third-order valence-electron chi connectivity index (χ3n) is 12.6. The molecule has 9 amide bonds. The molecule has 0 spiro atoms. The van der Waals surface area contributed by atoms with Gasteiger partial charge in [0.2, 0.25) is 53.2 Å². The molecule has 0 aliphatic rings. The fourth-order valence-corrected chi connectivity index (χ4v) is 7.48. The first-order chi connectivity index (χ1) is 37.6. The number of nitrogens with two attached hydrogens (primary N) is 1. The summed E-state index contributed by atoms with van der Waals surface area (Å²) in [5.74, 6) is -15.7. The van der Waals surface area contributed by atoms with Crippen molar-refractivity contribution in [2.75, 3.05) is 19.8 Å². The van der Waals surface area contributed by atoms with Crippen molar-refractivity contribution >= 4 is 71.1 Å². The number of nitrogens with one attached hydrogen (secondary N) is 9. The van der Waals surface area contributed by atoms with Gasteiger partial charge in [-0.2, -0.15) is 0 Å². The van der Waals surface area contributed by atoms with Crippen LogP contribution in [-0.4, -0.2) is 187 Å². The number of phenolic OH excluding ortho intramolecular Hbond substituents is 1. The van der Waals surface area contributed by atoms with Gasteiger partial charge in [0.05, 0.1) is 38.3 Å². The van der Waals surface area contributed by atoms with E-state index in [0.29, 0.717) is 17.5 Å². The predicted molar refractivity (Wildman–Crippen MR) is 280 cm³/mol. The number of aliphatic carboxylic acids is 3. The Hall–Kier alpha value is -8.28. The second kappa shape index (κ2) is 33.9. The quantitative estimate of drug-likeness (QED) is 0.0309. The zero-order chi connectivity index (χ0) is 60.4. The minimum absolute atomic E-state index is 0.177. The second-order valence-corrected chi connectivity index (χ2v) is 19.0. The van der Waals surface area contributed by atoms with Gasteiger partial charge in [-0.3, -0.25) is 52.7 Å². The van der Waals surface area contributed by atoms with E-state index in [0.717, 1.165) is 6.92 Å². The maximum absolute atomic E-state index is 14.2. The van der Waals surface area contributed by atoms with Crippen LogP contribution >= 0.6 is 0 Å². The summed E-state index contributed by atoms with van der Waals surface area (Å²) in [6, 6.07) is -1.60. The van der Waals surface area contributed by atoms with E-state index in [9.17, 15) is 88.2 Å². The lowest BCUT2D eigenvalue weighted by atomic mass is 9.96. The van der Waals surface area contributed by atoms with Gasteiger partial charge in [-0.05, 0) is 48.4 Å². The lowest BCUT2D eigenvalue weighted by Crippen LogP contribution is -2.62. The van der Waals surface area contributed by atoms with Gasteiger partial charge < -0.3 is 89.3 Å². The zero-order valence-corrected chi connectivity index (χ0v) is 44.8. The molecule has 0 unspecified atom stereocenters. The van der Waals surface area contributed by atoms with E-state index in [-0.39, 0.29) is 25.0 Å². The zero-order valence-electron chi connectivity index (χ0n) is 44.8. The molecule has 2 aromatic rings. The van der Waals surface area contributed by atoms with Crippen molar-refractivity contribution in [3.8, 4) is 5.75 Å². The van der Waals surface area contributed by atoms with E-state index in [1.54, 1.807) is 51.1 Å². The molecule has 2 aromatic carbocycles. The summed E-state index contributed by atoms with van der Waals surface area (Å²) in [7, 11) is 0. The maximum atomic E-state index is 14.2. The number of hydrogen-bond donors (Lipinski definition) is 17. The standard InChI is InChI=1S/C51H74N10O19/c1-6-25(3)40(60-46(74)33(19-28-11-9-8-10-12-28)56-50(78)42(27(5)64)59-37(66)22-53-43(71)31(52)17-18-38(67)68)49(77)58-35(23-62)47(75)55-34(21-39(69)70)45(73)54-32(20-29-13-15-30(65)16-14-29)44(72)57-36(24-63)48(76)61-41(51(79)80)26(4)7-2/h8-16,25-27,31-36,40-42,62-65H,6-7,17-24,52H2,1-5H3,(H,53,71)(H,54,73)(H,55,75)(H,56,78)(H,57,72)(H,58,77)(H,59,66)(H,60,74)(H,61,76)(H,67,68)(H,69,70)(H,79,80)/t25-,26-,27+,31-,32-,33-,34-,35-,36-,40-,41-,42-/m0/s1. The predicted octanol–water partition coefficient (Wildman–Crippen LogP) is -4.62. The van der Waals surface area contributed by atoms with Gasteiger partial charge in [-0.25, -0.2) is 4.79 Å². The largest absolute Gasteiger partial charge is 0.508 e. The Labute approximate surface area is 460 Å². The van der Waals surface area contributed by atoms with Crippen LogP contribution in [0.3, 0.4) is 0 Å². The van der Waals surface area contributed by atoms with Crippen molar-refractivity contribution in [3.05, 3.63) is 65.7 Å². The van der Waals surface area contributed by atoms with E-state index >= 15 is 0 Å². The van der Waals surface area contributed by atoms with Gasteiger partial charge in [0.25, 0.3) is 0 Å². The number of carbonyl (C=O) groups excluding carboxylic acids is 9. The topological polar surface area (TPSA) is 481 Å². The molecule has 2 rings (SSSR count). The van der Waals surface area contributed by atoms with Crippen molar-refractivity contribution in [3.63, 3.8) is 0 Å². The molecule has 0 aliphatic carbocycles. The summed E-state index contributed by atoms with van der Waals surface area (Å²) in [5, 5.41) is 89.7. The average molecular weight is 1130 g/mol. The molecular weight excluding hydrogens is 1060 g/mol. The molecule has 29 heteroatoms. The van der Waals surface area contributed by atoms with Crippen LogP contribution in [0.25, 0.3) is 0 Å². The molecule has 12 atom stereocenters. The number of hydrogen-bond acceptors (Lipinski definition) is 17. The Morgan fingerprint density at radius 2 is 0.925 bits per heavy atom. The fourth-order valence-electron chi connectivity index (χ4n) is 7.48. The normalized spacial score (nSPS) is 15.5.